The lowest BCUT2D eigenvalue weighted by Crippen LogP contribution is -2.34. The van der Waals surface area contributed by atoms with Gasteiger partial charge in [0.1, 0.15) is 18.1 Å². The van der Waals surface area contributed by atoms with E-state index in [-0.39, 0.29) is 5.63 Å². The highest BCUT2D eigenvalue weighted by molar-refractivity contribution is 6.05. The van der Waals surface area contributed by atoms with E-state index in [1.54, 1.807) is 0 Å². The first-order valence-corrected chi connectivity index (χ1v) is 9.58. The number of hydrogen-bond acceptors (Lipinski definition) is 4. The third-order valence-corrected chi connectivity index (χ3v) is 5.53. The molecule has 0 saturated heterocycles. The van der Waals surface area contributed by atoms with Crippen LogP contribution in [0.3, 0.4) is 0 Å². The molecule has 4 aromatic rings. The molecule has 5 rings (SSSR count). The Kier molecular flexibility index (Phi) is 4.14. The summed E-state index contributed by atoms with van der Waals surface area (Å²) in [4.78, 5) is 14.8. The second-order valence-corrected chi connectivity index (χ2v) is 7.45. The Morgan fingerprint density at radius 1 is 0.929 bits per heavy atom. The van der Waals surface area contributed by atoms with E-state index in [0.717, 1.165) is 28.6 Å². The number of rotatable bonds is 3. The van der Waals surface area contributed by atoms with Crippen LogP contribution in [0.4, 0.5) is 0 Å². The molecule has 4 heteroatoms. The van der Waals surface area contributed by atoms with Gasteiger partial charge in [0.15, 0.2) is 0 Å². The molecule has 1 atom stereocenters. The smallest absolute Gasteiger partial charge is 0.344 e. The van der Waals surface area contributed by atoms with Crippen molar-refractivity contribution in [3.63, 3.8) is 0 Å². The molecule has 0 bridgehead atoms. The molecule has 140 valence electrons. The van der Waals surface area contributed by atoms with Gasteiger partial charge in [-0.15, -0.1) is 0 Å². The van der Waals surface area contributed by atoms with Crippen molar-refractivity contribution in [2.24, 2.45) is 0 Å². The van der Waals surface area contributed by atoms with Crippen molar-refractivity contribution in [1.29, 1.82) is 0 Å². The summed E-state index contributed by atoms with van der Waals surface area (Å²) in [6, 6.07) is 22.1. The van der Waals surface area contributed by atoms with E-state index in [1.807, 2.05) is 42.5 Å². The number of ether oxygens (including phenoxy) is 1. The number of nitrogens with zero attached hydrogens (tertiary/aromatic N) is 1. The zero-order chi connectivity index (χ0) is 19.1. The summed E-state index contributed by atoms with van der Waals surface area (Å²) in [7, 11) is 0. The van der Waals surface area contributed by atoms with Crippen molar-refractivity contribution in [1.82, 2.24) is 4.90 Å². The van der Waals surface area contributed by atoms with Gasteiger partial charge >= 0.3 is 5.63 Å². The molecule has 0 amide bonds. The lowest BCUT2D eigenvalue weighted by atomic mass is 9.99. The van der Waals surface area contributed by atoms with E-state index in [0.29, 0.717) is 30.2 Å². The summed E-state index contributed by atoms with van der Waals surface area (Å²) in [5.74, 6) is 1.18. The van der Waals surface area contributed by atoms with Crippen LogP contribution >= 0.6 is 0 Å². The van der Waals surface area contributed by atoms with E-state index in [9.17, 15) is 4.79 Å². The fourth-order valence-corrected chi connectivity index (χ4v) is 4.09. The Balaban J connectivity index is 1.53. The van der Waals surface area contributed by atoms with E-state index in [2.05, 4.69) is 36.1 Å². The van der Waals surface area contributed by atoms with Crippen LogP contribution in [0.25, 0.3) is 21.7 Å². The topological polar surface area (TPSA) is 42.7 Å². The van der Waals surface area contributed by atoms with Gasteiger partial charge in [0, 0.05) is 18.5 Å². The molecule has 1 aromatic heterocycles. The van der Waals surface area contributed by atoms with Crippen LogP contribution in [-0.2, 0) is 6.54 Å². The van der Waals surface area contributed by atoms with Gasteiger partial charge in [-0.1, -0.05) is 55.5 Å². The number of hydrogen-bond donors (Lipinski definition) is 0. The maximum absolute atomic E-state index is 12.5. The third-order valence-electron chi connectivity index (χ3n) is 5.53. The second kappa shape index (κ2) is 6.80. The molecule has 4 nitrogen and oxygen atoms in total. The molecule has 0 N–H and O–H groups in total. The van der Waals surface area contributed by atoms with Gasteiger partial charge < -0.3 is 9.15 Å². The van der Waals surface area contributed by atoms with Gasteiger partial charge in [-0.05, 0) is 35.1 Å². The molecule has 3 aromatic carbocycles. The van der Waals surface area contributed by atoms with Crippen LogP contribution in [0.2, 0.25) is 0 Å². The molecule has 2 heterocycles. The van der Waals surface area contributed by atoms with Crippen molar-refractivity contribution in [2.75, 3.05) is 13.3 Å². The quantitative estimate of drug-likeness (QED) is 0.379. The number of fused-ring (bicyclic) bond motifs is 5. The van der Waals surface area contributed by atoms with Gasteiger partial charge in [0.05, 0.1) is 10.9 Å². The standard InChI is InChI=1S/C24H21NO3/c1-16(17-7-3-2-4-8-17)13-25-14-21-22(27-15-25)12-11-19-18-9-5-6-10-20(18)24(26)28-23(19)21/h2-12,16H,13-15H2,1H3/t16-/m0/s1. The zero-order valence-electron chi connectivity index (χ0n) is 15.7. The Bertz CT molecular complexity index is 1210. The molecule has 0 spiro atoms. The molecule has 1 aliphatic rings. The van der Waals surface area contributed by atoms with Crippen LogP contribution in [0.1, 0.15) is 24.0 Å². The fraction of sp³-hybridized carbons (Fsp3) is 0.208. The van der Waals surface area contributed by atoms with Gasteiger partial charge in [-0.3, -0.25) is 4.90 Å². The molecular formula is C24H21NO3. The maximum atomic E-state index is 12.5. The monoisotopic (exact) mass is 371 g/mol. The molecule has 0 unspecified atom stereocenters. The lowest BCUT2D eigenvalue weighted by molar-refractivity contribution is 0.0909. The minimum absolute atomic E-state index is 0.300. The Labute approximate surface area is 163 Å². The highest BCUT2D eigenvalue weighted by Crippen LogP contribution is 2.35. The van der Waals surface area contributed by atoms with Crippen molar-refractivity contribution in [2.45, 2.75) is 19.4 Å². The minimum Gasteiger partial charge on any atom is -0.478 e. The first kappa shape index (κ1) is 17.0. The van der Waals surface area contributed by atoms with E-state index in [1.165, 1.54) is 5.56 Å². The molecule has 0 fully saturated rings. The van der Waals surface area contributed by atoms with E-state index < -0.39 is 0 Å². The first-order chi connectivity index (χ1) is 13.7. The van der Waals surface area contributed by atoms with E-state index >= 15 is 0 Å². The van der Waals surface area contributed by atoms with Gasteiger partial charge in [0.25, 0.3) is 0 Å². The van der Waals surface area contributed by atoms with Gasteiger partial charge in [0.2, 0.25) is 0 Å². The minimum atomic E-state index is -0.300. The fourth-order valence-electron chi connectivity index (χ4n) is 4.09. The van der Waals surface area contributed by atoms with E-state index in [4.69, 9.17) is 9.15 Å². The highest BCUT2D eigenvalue weighted by Gasteiger charge is 2.23. The second-order valence-electron chi connectivity index (χ2n) is 7.45. The molecule has 0 aliphatic carbocycles. The normalized spacial score (nSPS) is 15.3. The molecule has 1 aliphatic heterocycles. The van der Waals surface area contributed by atoms with Crippen LogP contribution in [0.15, 0.2) is 75.9 Å². The Hall–Kier alpha value is -3.11. The van der Waals surface area contributed by atoms with Crippen molar-refractivity contribution in [3.05, 3.63) is 88.3 Å². The van der Waals surface area contributed by atoms with Crippen LogP contribution in [-0.4, -0.2) is 18.2 Å². The number of benzene rings is 3. The van der Waals surface area contributed by atoms with Crippen molar-refractivity contribution >= 4 is 21.7 Å². The summed E-state index contributed by atoms with van der Waals surface area (Å²) in [5.41, 5.74) is 2.60. The molecule has 0 saturated carbocycles. The van der Waals surface area contributed by atoms with Crippen molar-refractivity contribution in [3.8, 4) is 5.75 Å². The Morgan fingerprint density at radius 2 is 1.68 bits per heavy atom. The summed E-state index contributed by atoms with van der Waals surface area (Å²) in [6.07, 6.45) is 0. The first-order valence-electron chi connectivity index (χ1n) is 9.58. The van der Waals surface area contributed by atoms with Crippen LogP contribution in [0, 0.1) is 0 Å². The molecule has 0 radical (unpaired) electrons. The summed E-state index contributed by atoms with van der Waals surface area (Å²) < 4.78 is 11.7. The zero-order valence-corrected chi connectivity index (χ0v) is 15.7. The van der Waals surface area contributed by atoms with Crippen molar-refractivity contribution < 1.29 is 9.15 Å². The summed E-state index contributed by atoms with van der Waals surface area (Å²) in [5, 5.41) is 2.49. The average molecular weight is 371 g/mol. The summed E-state index contributed by atoms with van der Waals surface area (Å²) >= 11 is 0. The van der Waals surface area contributed by atoms with Crippen LogP contribution in [0.5, 0.6) is 5.75 Å². The van der Waals surface area contributed by atoms with Gasteiger partial charge in [-0.25, -0.2) is 4.79 Å². The highest BCUT2D eigenvalue weighted by atomic mass is 16.5. The lowest BCUT2D eigenvalue weighted by Gasteiger charge is -2.31. The average Bonchev–Trinajstić information content (AvgIpc) is 2.74. The third kappa shape index (κ3) is 2.86. The summed E-state index contributed by atoms with van der Waals surface area (Å²) in [6.45, 7) is 4.33. The van der Waals surface area contributed by atoms with Gasteiger partial charge in [-0.2, -0.15) is 0 Å². The predicted octanol–water partition coefficient (Wildman–Crippen LogP) is 4.90. The Morgan fingerprint density at radius 3 is 2.50 bits per heavy atom. The van der Waals surface area contributed by atoms with Crippen LogP contribution < -0.4 is 10.4 Å². The maximum Gasteiger partial charge on any atom is 0.344 e. The molecule has 28 heavy (non-hydrogen) atoms. The predicted molar refractivity (Wildman–Crippen MR) is 111 cm³/mol. The SMILES string of the molecule is C[C@@H](CN1COc2ccc3c(oc(=O)c4ccccc43)c2C1)c1ccccc1. The molecular weight excluding hydrogens is 350 g/mol. The largest absolute Gasteiger partial charge is 0.478 e.